The van der Waals surface area contributed by atoms with E-state index in [1.165, 1.54) is 12.1 Å². The summed E-state index contributed by atoms with van der Waals surface area (Å²) in [5, 5.41) is 6.13. The Morgan fingerprint density at radius 3 is 2.29 bits per heavy atom. The van der Waals surface area contributed by atoms with Gasteiger partial charge in [-0.25, -0.2) is 4.98 Å². The fraction of sp³-hybridized carbons (Fsp3) is 0.267. The number of halogens is 3. The number of aromatic nitrogens is 1. The van der Waals surface area contributed by atoms with Crippen molar-refractivity contribution in [2.45, 2.75) is 19.5 Å². The van der Waals surface area contributed by atoms with Crippen LogP contribution in [-0.2, 0) is 6.18 Å². The Balaban J connectivity index is 2.07. The molecular formula is C15H16F3N3. The second-order valence-electron chi connectivity index (χ2n) is 4.53. The number of benzene rings is 1. The molecule has 0 amide bonds. The lowest BCUT2D eigenvalue weighted by atomic mass is 10.2. The molecule has 1 heterocycles. The van der Waals surface area contributed by atoms with E-state index in [0.29, 0.717) is 11.5 Å². The first kappa shape index (κ1) is 15.2. The normalized spacial score (nSPS) is 11.2. The van der Waals surface area contributed by atoms with Crippen LogP contribution in [0, 0.1) is 0 Å². The van der Waals surface area contributed by atoms with Crippen molar-refractivity contribution >= 4 is 17.3 Å². The molecule has 1 aromatic carbocycles. The van der Waals surface area contributed by atoms with Crippen LogP contribution in [-0.4, -0.2) is 11.5 Å². The van der Waals surface area contributed by atoms with Crippen molar-refractivity contribution in [2.24, 2.45) is 0 Å². The van der Waals surface area contributed by atoms with Crippen molar-refractivity contribution in [3.63, 3.8) is 0 Å². The van der Waals surface area contributed by atoms with E-state index in [4.69, 9.17) is 0 Å². The summed E-state index contributed by atoms with van der Waals surface area (Å²) in [7, 11) is 0. The molecule has 0 unspecified atom stereocenters. The molecule has 21 heavy (non-hydrogen) atoms. The van der Waals surface area contributed by atoms with Crippen molar-refractivity contribution < 1.29 is 13.2 Å². The van der Waals surface area contributed by atoms with Crippen LogP contribution in [0.15, 0.2) is 42.5 Å². The molecule has 2 aromatic rings. The van der Waals surface area contributed by atoms with Gasteiger partial charge in [0.2, 0.25) is 0 Å². The number of nitrogens with zero attached hydrogens (tertiary/aromatic N) is 1. The van der Waals surface area contributed by atoms with E-state index in [9.17, 15) is 13.2 Å². The maximum atomic E-state index is 12.5. The highest BCUT2D eigenvalue weighted by Crippen LogP contribution is 2.30. The number of nitrogens with one attached hydrogen (secondary N) is 2. The average molecular weight is 295 g/mol. The summed E-state index contributed by atoms with van der Waals surface area (Å²) in [6.45, 7) is 2.87. The molecule has 0 bridgehead atoms. The minimum Gasteiger partial charge on any atom is -0.370 e. The second kappa shape index (κ2) is 6.47. The quantitative estimate of drug-likeness (QED) is 0.842. The number of pyridine rings is 1. The van der Waals surface area contributed by atoms with E-state index >= 15 is 0 Å². The van der Waals surface area contributed by atoms with Gasteiger partial charge in [-0.2, -0.15) is 13.2 Å². The molecule has 1 aromatic heterocycles. The first-order chi connectivity index (χ1) is 9.99. The van der Waals surface area contributed by atoms with Gasteiger partial charge in [0.15, 0.2) is 0 Å². The van der Waals surface area contributed by atoms with Gasteiger partial charge in [-0.1, -0.05) is 13.0 Å². The maximum absolute atomic E-state index is 12.5. The van der Waals surface area contributed by atoms with E-state index in [1.54, 1.807) is 6.07 Å². The third-order valence-electron chi connectivity index (χ3n) is 2.79. The standard InChI is InChI=1S/C15H16F3N3/c1-2-10-19-13-4-3-5-14(21-13)20-12-8-6-11(7-9-12)15(16,17)18/h3-9H,2,10H2,1H3,(H2,19,20,21). The molecule has 0 fully saturated rings. The van der Waals surface area contributed by atoms with Crippen LogP contribution in [0.3, 0.4) is 0 Å². The molecule has 0 atom stereocenters. The fourth-order valence-electron chi connectivity index (χ4n) is 1.75. The summed E-state index contributed by atoms with van der Waals surface area (Å²) < 4.78 is 37.4. The topological polar surface area (TPSA) is 37.0 Å². The van der Waals surface area contributed by atoms with Gasteiger partial charge in [0.05, 0.1) is 5.56 Å². The Kier molecular flexibility index (Phi) is 4.67. The lowest BCUT2D eigenvalue weighted by Crippen LogP contribution is -2.05. The van der Waals surface area contributed by atoms with Gasteiger partial charge in [0.1, 0.15) is 11.6 Å². The molecule has 2 N–H and O–H groups in total. The smallest absolute Gasteiger partial charge is 0.370 e. The maximum Gasteiger partial charge on any atom is 0.416 e. The lowest BCUT2D eigenvalue weighted by Gasteiger charge is -2.10. The van der Waals surface area contributed by atoms with Crippen LogP contribution < -0.4 is 10.6 Å². The highest BCUT2D eigenvalue weighted by atomic mass is 19.4. The van der Waals surface area contributed by atoms with Crippen LogP contribution in [0.4, 0.5) is 30.5 Å². The van der Waals surface area contributed by atoms with Crippen molar-refractivity contribution in [1.29, 1.82) is 0 Å². The van der Waals surface area contributed by atoms with E-state index in [0.717, 1.165) is 30.9 Å². The second-order valence-corrected chi connectivity index (χ2v) is 4.53. The largest absolute Gasteiger partial charge is 0.416 e. The number of rotatable bonds is 5. The monoisotopic (exact) mass is 295 g/mol. The minimum absolute atomic E-state index is 0.558. The zero-order valence-corrected chi connectivity index (χ0v) is 11.5. The predicted molar refractivity (Wildman–Crippen MR) is 77.7 cm³/mol. The van der Waals surface area contributed by atoms with E-state index in [1.807, 2.05) is 12.1 Å². The van der Waals surface area contributed by atoms with Crippen LogP contribution in [0.2, 0.25) is 0 Å². The first-order valence-corrected chi connectivity index (χ1v) is 6.64. The van der Waals surface area contributed by atoms with E-state index in [2.05, 4.69) is 22.5 Å². The molecule has 0 radical (unpaired) electrons. The summed E-state index contributed by atoms with van der Waals surface area (Å²) in [6, 6.07) is 10.3. The van der Waals surface area contributed by atoms with Gasteiger partial charge < -0.3 is 10.6 Å². The molecule has 0 spiro atoms. The molecule has 2 rings (SSSR count). The summed E-state index contributed by atoms with van der Waals surface area (Å²) in [5.41, 5.74) is -0.109. The molecule has 0 aliphatic heterocycles. The third-order valence-corrected chi connectivity index (χ3v) is 2.79. The van der Waals surface area contributed by atoms with Gasteiger partial charge in [-0.3, -0.25) is 0 Å². The Labute approximate surface area is 121 Å². The Morgan fingerprint density at radius 2 is 1.67 bits per heavy atom. The molecule has 0 aliphatic rings. The number of anilines is 3. The first-order valence-electron chi connectivity index (χ1n) is 6.64. The molecular weight excluding hydrogens is 279 g/mol. The summed E-state index contributed by atoms with van der Waals surface area (Å²) >= 11 is 0. The number of alkyl halides is 3. The van der Waals surface area contributed by atoms with Crippen LogP contribution >= 0.6 is 0 Å². The predicted octanol–water partition coefficient (Wildman–Crippen LogP) is 4.67. The molecule has 112 valence electrons. The van der Waals surface area contributed by atoms with Crippen molar-refractivity contribution in [3.8, 4) is 0 Å². The SMILES string of the molecule is CCCNc1cccc(Nc2ccc(C(F)(F)F)cc2)n1. The fourth-order valence-corrected chi connectivity index (χ4v) is 1.75. The highest BCUT2D eigenvalue weighted by molar-refractivity contribution is 5.58. The number of hydrogen-bond acceptors (Lipinski definition) is 3. The van der Waals surface area contributed by atoms with Gasteiger partial charge in [-0.05, 0) is 42.8 Å². The molecule has 6 heteroatoms. The zero-order chi connectivity index (χ0) is 15.3. The zero-order valence-electron chi connectivity index (χ0n) is 11.5. The van der Waals surface area contributed by atoms with Gasteiger partial charge in [0.25, 0.3) is 0 Å². The molecule has 0 saturated carbocycles. The molecule has 0 saturated heterocycles. The third kappa shape index (κ3) is 4.37. The van der Waals surface area contributed by atoms with Crippen molar-refractivity contribution in [3.05, 3.63) is 48.0 Å². The average Bonchev–Trinajstić information content (AvgIpc) is 2.45. The van der Waals surface area contributed by atoms with Crippen molar-refractivity contribution in [1.82, 2.24) is 4.98 Å². The van der Waals surface area contributed by atoms with Gasteiger partial charge in [0, 0.05) is 12.2 Å². The molecule has 0 aliphatic carbocycles. The highest BCUT2D eigenvalue weighted by Gasteiger charge is 2.29. The van der Waals surface area contributed by atoms with E-state index < -0.39 is 11.7 Å². The Bertz CT molecular complexity index is 579. The Morgan fingerprint density at radius 1 is 1.00 bits per heavy atom. The van der Waals surface area contributed by atoms with E-state index in [-0.39, 0.29) is 0 Å². The summed E-state index contributed by atoms with van der Waals surface area (Å²) in [4.78, 5) is 4.33. The van der Waals surface area contributed by atoms with Gasteiger partial charge in [-0.15, -0.1) is 0 Å². The number of hydrogen-bond donors (Lipinski definition) is 2. The van der Waals surface area contributed by atoms with Crippen LogP contribution in [0.1, 0.15) is 18.9 Å². The minimum atomic E-state index is -4.32. The van der Waals surface area contributed by atoms with Crippen LogP contribution in [0.5, 0.6) is 0 Å². The van der Waals surface area contributed by atoms with Crippen molar-refractivity contribution in [2.75, 3.05) is 17.2 Å². The summed E-state index contributed by atoms with van der Waals surface area (Å²) in [6.07, 6.45) is -3.33. The summed E-state index contributed by atoms with van der Waals surface area (Å²) in [5.74, 6) is 1.31. The van der Waals surface area contributed by atoms with Gasteiger partial charge >= 0.3 is 6.18 Å². The Hall–Kier alpha value is -2.24. The molecule has 3 nitrogen and oxygen atoms in total. The lowest BCUT2D eigenvalue weighted by molar-refractivity contribution is -0.137. The van der Waals surface area contributed by atoms with Crippen LogP contribution in [0.25, 0.3) is 0 Å².